The third-order valence-corrected chi connectivity index (χ3v) is 6.75. The van der Waals surface area contributed by atoms with E-state index in [0.717, 1.165) is 51.1 Å². The normalized spacial score (nSPS) is 21.4. The highest BCUT2D eigenvalue weighted by Crippen LogP contribution is 2.34. The summed E-state index contributed by atoms with van der Waals surface area (Å²) in [6.07, 6.45) is 5.44. The second kappa shape index (κ2) is 7.47. The van der Waals surface area contributed by atoms with Crippen LogP contribution in [0.25, 0.3) is 0 Å². The van der Waals surface area contributed by atoms with Crippen molar-refractivity contribution in [1.29, 1.82) is 0 Å². The number of pyridine rings is 1. The van der Waals surface area contributed by atoms with Gasteiger partial charge in [0.15, 0.2) is 0 Å². The van der Waals surface area contributed by atoms with Gasteiger partial charge in [0.1, 0.15) is 5.54 Å². The quantitative estimate of drug-likeness (QED) is 0.829. The average molecular weight is 371 g/mol. The molecule has 1 amide bonds. The standard InChI is InChI=1S/C20H26N4OS/c1-22-12-13-24(15-17-4-8-21-9-5-17)19(25)20(22)6-10-23(11-7-20)16-18-3-2-14-26-18/h2-5,8-9,14H,6-7,10-13,15-16H2,1H3. The minimum Gasteiger partial charge on any atom is -0.335 e. The zero-order valence-electron chi connectivity index (χ0n) is 15.3. The van der Waals surface area contributed by atoms with Crippen LogP contribution in [0.1, 0.15) is 23.3 Å². The van der Waals surface area contributed by atoms with Gasteiger partial charge in [-0.3, -0.25) is 19.6 Å². The molecule has 0 N–H and O–H groups in total. The first-order valence-corrected chi connectivity index (χ1v) is 10.2. The molecule has 5 nitrogen and oxygen atoms in total. The van der Waals surface area contributed by atoms with Crippen molar-refractivity contribution in [3.63, 3.8) is 0 Å². The summed E-state index contributed by atoms with van der Waals surface area (Å²) in [6, 6.07) is 8.31. The minimum absolute atomic E-state index is 0.304. The molecule has 4 rings (SSSR count). The Labute approximate surface area is 159 Å². The summed E-state index contributed by atoms with van der Waals surface area (Å²) in [6.45, 7) is 5.41. The van der Waals surface area contributed by atoms with Crippen molar-refractivity contribution in [2.24, 2.45) is 0 Å². The van der Waals surface area contributed by atoms with Crippen LogP contribution >= 0.6 is 11.3 Å². The molecule has 1 spiro atoms. The maximum absolute atomic E-state index is 13.4. The summed E-state index contributed by atoms with van der Waals surface area (Å²) in [5.74, 6) is 0.304. The molecule has 2 aromatic heterocycles. The van der Waals surface area contributed by atoms with Gasteiger partial charge < -0.3 is 4.90 Å². The first-order chi connectivity index (χ1) is 12.7. The first-order valence-electron chi connectivity index (χ1n) is 9.32. The Balaban J connectivity index is 1.43. The van der Waals surface area contributed by atoms with E-state index in [4.69, 9.17) is 0 Å². The number of piperazine rings is 1. The number of piperidine rings is 1. The highest BCUT2D eigenvalue weighted by molar-refractivity contribution is 7.09. The van der Waals surface area contributed by atoms with Crippen molar-refractivity contribution < 1.29 is 4.79 Å². The van der Waals surface area contributed by atoms with Gasteiger partial charge in [-0.15, -0.1) is 11.3 Å². The molecule has 0 unspecified atom stereocenters. The third-order valence-electron chi connectivity index (χ3n) is 5.89. The molecule has 138 valence electrons. The molecule has 0 saturated carbocycles. The molecule has 2 aromatic rings. The molecule has 0 aliphatic carbocycles. The lowest BCUT2D eigenvalue weighted by Crippen LogP contribution is -2.67. The fourth-order valence-electron chi connectivity index (χ4n) is 4.20. The van der Waals surface area contributed by atoms with Crippen molar-refractivity contribution in [2.45, 2.75) is 31.5 Å². The number of hydrogen-bond donors (Lipinski definition) is 0. The maximum Gasteiger partial charge on any atom is 0.243 e. The van der Waals surface area contributed by atoms with Crippen molar-refractivity contribution in [2.75, 3.05) is 33.2 Å². The molecule has 26 heavy (non-hydrogen) atoms. The number of likely N-dealkylation sites (tertiary alicyclic amines) is 1. The van der Waals surface area contributed by atoms with Crippen LogP contribution in [0.2, 0.25) is 0 Å². The predicted octanol–water partition coefficient (Wildman–Crippen LogP) is 2.45. The highest BCUT2D eigenvalue weighted by Gasteiger charge is 2.49. The summed E-state index contributed by atoms with van der Waals surface area (Å²) in [5.41, 5.74) is 0.834. The summed E-state index contributed by atoms with van der Waals surface area (Å²) in [4.78, 5) is 25.7. The van der Waals surface area contributed by atoms with Crippen LogP contribution in [0.15, 0.2) is 42.0 Å². The Hall–Kier alpha value is -1.76. The SMILES string of the molecule is CN1CCN(Cc2ccncc2)C(=O)C12CCN(Cc1cccs1)CC2. The number of carbonyl (C=O) groups is 1. The van der Waals surface area contributed by atoms with E-state index in [1.807, 2.05) is 28.4 Å². The van der Waals surface area contributed by atoms with Crippen molar-refractivity contribution >= 4 is 17.2 Å². The lowest BCUT2D eigenvalue weighted by atomic mass is 9.82. The molecule has 2 aliphatic rings. The molecule has 2 fully saturated rings. The summed E-state index contributed by atoms with van der Waals surface area (Å²) in [7, 11) is 2.12. The molecule has 4 heterocycles. The van der Waals surface area contributed by atoms with Crippen LogP contribution in [0.3, 0.4) is 0 Å². The van der Waals surface area contributed by atoms with Crippen LogP contribution < -0.4 is 0 Å². The zero-order chi connectivity index (χ0) is 18.0. The number of aromatic nitrogens is 1. The summed E-state index contributed by atoms with van der Waals surface area (Å²) < 4.78 is 0. The van der Waals surface area contributed by atoms with Crippen LogP contribution in [0.5, 0.6) is 0 Å². The van der Waals surface area contributed by atoms with Gasteiger partial charge >= 0.3 is 0 Å². The Bertz CT molecular complexity index is 726. The monoisotopic (exact) mass is 370 g/mol. The van der Waals surface area contributed by atoms with E-state index in [-0.39, 0.29) is 5.54 Å². The van der Waals surface area contributed by atoms with Gasteiger partial charge in [-0.1, -0.05) is 6.07 Å². The molecule has 0 aromatic carbocycles. The molecule has 0 bridgehead atoms. The minimum atomic E-state index is -0.322. The Morgan fingerprint density at radius 3 is 2.54 bits per heavy atom. The first kappa shape index (κ1) is 17.6. The van der Waals surface area contributed by atoms with Gasteiger partial charge in [-0.2, -0.15) is 0 Å². The second-order valence-electron chi connectivity index (χ2n) is 7.39. The molecular weight excluding hydrogens is 344 g/mol. The Kier molecular flexibility index (Phi) is 5.07. The molecule has 2 saturated heterocycles. The van der Waals surface area contributed by atoms with Gasteiger partial charge in [0.05, 0.1) is 0 Å². The third kappa shape index (κ3) is 3.41. The largest absolute Gasteiger partial charge is 0.335 e. The van der Waals surface area contributed by atoms with Gasteiger partial charge in [0.2, 0.25) is 5.91 Å². The zero-order valence-corrected chi connectivity index (χ0v) is 16.1. The second-order valence-corrected chi connectivity index (χ2v) is 8.42. The predicted molar refractivity (Wildman–Crippen MR) is 104 cm³/mol. The van der Waals surface area contributed by atoms with E-state index < -0.39 is 0 Å². The molecule has 0 atom stereocenters. The number of amides is 1. The highest BCUT2D eigenvalue weighted by atomic mass is 32.1. The van der Waals surface area contributed by atoms with Crippen LogP contribution in [0, 0.1) is 0 Å². The number of nitrogens with zero attached hydrogens (tertiary/aromatic N) is 4. The van der Waals surface area contributed by atoms with Gasteiger partial charge in [-0.25, -0.2) is 0 Å². The molecular formula is C20H26N4OS. The topological polar surface area (TPSA) is 39.7 Å². The van der Waals surface area contributed by atoms with Crippen LogP contribution in [0.4, 0.5) is 0 Å². The van der Waals surface area contributed by atoms with Crippen LogP contribution in [-0.4, -0.2) is 64.4 Å². The number of rotatable bonds is 4. The number of thiophene rings is 1. The van der Waals surface area contributed by atoms with Crippen LogP contribution in [-0.2, 0) is 17.9 Å². The fraction of sp³-hybridized carbons (Fsp3) is 0.500. The number of carbonyl (C=O) groups excluding carboxylic acids is 1. The lowest BCUT2D eigenvalue weighted by molar-refractivity contribution is -0.155. The number of hydrogen-bond acceptors (Lipinski definition) is 5. The molecule has 2 aliphatic heterocycles. The summed E-state index contributed by atoms with van der Waals surface area (Å²) in [5, 5.41) is 2.14. The van der Waals surface area contributed by atoms with Gasteiger partial charge in [0.25, 0.3) is 0 Å². The van der Waals surface area contributed by atoms with E-state index in [1.165, 1.54) is 4.88 Å². The number of likely N-dealkylation sites (N-methyl/N-ethyl adjacent to an activating group) is 1. The van der Waals surface area contributed by atoms with E-state index in [9.17, 15) is 4.79 Å². The fourth-order valence-corrected chi connectivity index (χ4v) is 4.95. The van der Waals surface area contributed by atoms with E-state index in [1.54, 1.807) is 12.4 Å². The molecule has 0 radical (unpaired) electrons. The Morgan fingerprint density at radius 1 is 1.08 bits per heavy atom. The van der Waals surface area contributed by atoms with E-state index in [0.29, 0.717) is 12.5 Å². The van der Waals surface area contributed by atoms with Gasteiger partial charge in [-0.05, 0) is 49.0 Å². The Morgan fingerprint density at radius 2 is 1.85 bits per heavy atom. The van der Waals surface area contributed by atoms with Crippen molar-refractivity contribution in [3.05, 3.63) is 52.5 Å². The van der Waals surface area contributed by atoms with Crippen molar-refractivity contribution in [3.8, 4) is 0 Å². The molecule has 6 heteroatoms. The maximum atomic E-state index is 13.4. The average Bonchev–Trinajstić information content (AvgIpc) is 3.18. The smallest absolute Gasteiger partial charge is 0.243 e. The summed E-state index contributed by atoms with van der Waals surface area (Å²) >= 11 is 1.81. The van der Waals surface area contributed by atoms with E-state index in [2.05, 4.69) is 39.3 Å². The van der Waals surface area contributed by atoms with Crippen molar-refractivity contribution in [1.82, 2.24) is 19.7 Å². The van der Waals surface area contributed by atoms with Gasteiger partial charge in [0, 0.05) is 56.5 Å². The van der Waals surface area contributed by atoms with E-state index >= 15 is 0 Å². The lowest BCUT2D eigenvalue weighted by Gasteiger charge is -2.51.